The summed E-state index contributed by atoms with van der Waals surface area (Å²) in [7, 11) is 0. The zero-order valence-electron chi connectivity index (χ0n) is 16.2. The van der Waals surface area contributed by atoms with Gasteiger partial charge in [0, 0.05) is 29.1 Å². The number of amides is 1. The number of ether oxygens (including phenoxy) is 1. The summed E-state index contributed by atoms with van der Waals surface area (Å²) < 4.78 is 5.95. The van der Waals surface area contributed by atoms with Crippen LogP contribution in [0.5, 0.6) is 5.75 Å². The predicted molar refractivity (Wildman–Crippen MR) is 119 cm³/mol. The van der Waals surface area contributed by atoms with Gasteiger partial charge in [0.1, 0.15) is 11.9 Å². The van der Waals surface area contributed by atoms with Crippen LogP contribution in [0, 0.1) is 0 Å². The lowest BCUT2D eigenvalue weighted by Crippen LogP contribution is -2.33. The molecule has 1 atom stereocenters. The Bertz CT molecular complexity index is 1120. The Kier molecular flexibility index (Phi) is 5.97. The smallest absolute Gasteiger partial charge is 0.244 e. The molecule has 0 saturated heterocycles. The fraction of sp³-hybridized carbons (Fsp3) is 0.174. The van der Waals surface area contributed by atoms with Crippen LogP contribution in [0.3, 0.4) is 0 Å². The van der Waals surface area contributed by atoms with Gasteiger partial charge in [-0.3, -0.25) is 14.6 Å². The van der Waals surface area contributed by atoms with Crippen LogP contribution < -0.4 is 10.1 Å². The number of nitrogens with one attached hydrogen (secondary N) is 1. The maximum atomic E-state index is 12.1. The number of thiophene rings is 1. The van der Waals surface area contributed by atoms with Crippen LogP contribution in [-0.4, -0.2) is 29.3 Å². The van der Waals surface area contributed by atoms with Gasteiger partial charge < -0.3 is 10.1 Å². The van der Waals surface area contributed by atoms with E-state index in [2.05, 4.69) is 10.3 Å². The van der Waals surface area contributed by atoms with Crippen LogP contribution >= 0.6 is 22.9 Å². The third-order valence-corrected chi connectivity index (χ3v) is 6.20. The molecule has 152 valence electrons. The molecule has 1 amide bonds. The Morgan fingerprint density at radius 2 is 2.17 bits per heavy atom. The molecule has 3 aromatic rings. The van der Waals surface area contributed by atoms with Gasteiger partial charge in [-0.05, 0) is 55.0 Å². The largest absolute Gasteiger partial charge is 0.486 e. The summed E-state index contributed by atoms with van der Waals surface area (Å²) in [6.07, 6.45) is 5.27. The van der Waals surface area contributed by atoms with E-state index in [9.17, 15) is 9.59 Å². The topological polar surface area (TPSA) is 68.3 Å². The molecule has 1 aromatic carbocycles. The molecular formula is C23H19ClN2O3S. The van der Waals surface area contributed by atoms with Crippen LogP contribution in [0.15, 0.2) is 54.7 Å². The molecule has 0 spiro atoms. The van der Waals surface area contributed by atoms with Crippen LogP contribution in [0.4, 0.5) is 0 Å². The van der Waals surface area contributed by atoms with Crippen LogP contribution in [0.2, 0.25) is 5.02 Å². The fourth-order valence-corrected chi connectivity index (χ4v) is 4.41. The van der Waals surface area contributed by atoms with E-state index < -0.39 is 0 Å². The number of carbonyl (C=O) groups excluding carboxylic acids is 2. The highest BCUT2D eigenvalue weighted by Crippen LogP contribution is 2.41. The lowest BCUT2D eigenvalue weighted by atomic mass is 10.1. The summed E-state index contributed by atoms with van der Waals surface area (Å²) in [6.45, 7) is 1.93. The minimum absolute atomic E-state index is 0.0507. The van der Waals surface area contributed by atoms with Gasteiger partial charge in [-0.25, -0.2) is 0 Å². The molecule has 4 rings (SSSR count). The number of carbonyl (C=O) groups is 2. The number of nitrogens with zero attached hydrogens (tertiary/aromatic N) is 1. The number of hydrogen-bond donors (Lipinski definition) is 1. The summed E-state index contributed by atoms with van der Waals surface area (Å²) in [5, 5.41) is 3.39. The van der Waals surface area contributed by atoms with Gasteiger partial charge in [0.25, 0.3) is 0 Å². The highest BCUT2D eigenvalue weighted by Gasteiger charge is 2.26. The van der Waals surface area contributed by atoms with Crippen molar-refractivity contribution in [3.63, 3.8) is 0 Å². The summed E-state index contributed by atoms with van der Waals surface area (Å²) >= 11 is 7.89. The highest BCUT2D eigenvalue weighted by atomic mass is 35.5. The number of hydrogen-bond acceptors (Lipinski definition) is 5. The van der Waals surface area contributed by atoms with Gasteiger partial charge in [0.2, 0.25) is 5.91 Å². The second-order valence-electron chi connectivity index (χ2n) is 6.94. The van der Waals surface area contributed by atoms with Crippen molar-refractivity contribution in [2.75, 3.05) is 6.54 Å². The molecular weight excluding hydrogens is 420 g/mol. The molecule has 0 bridgehead atoms. The number of Topliss-reactive ketones (excluding diaryl/α,β-unsaturated/α-hetero) is 1. The van der Waals surface area contributed by atoms with E-state index in [1.807, 2.05) is 42.5 Å². The summed E-state index contributed by atoms with van der Waals surface area (Å²) in [6, 6.07) is 13.2. The Hall–Kier alpha value is -2.96. The van der Waals surface area contributed by atoms with E-state index in [4.69, 9.17) is 16.3 Å². The Morgan fingerprint density at radius 3 is 2.90 bits per heavy atom. The molecule has 30 heavy (non-hydrogen) atoms. The van der Waals surface area contributed by atoms with Crippen molar-refractivity contribution in [2.24, 2.45) is 0 Å². The molecule has 1 N–H and O–H groups in total. The molecule has 1 aliphatic heterocycles. The van der Waals surface area contributed by atoms with Crippen LogP contribution in [-0.2, 0) is 11.2 Å². The van der Waals surface area contributed by atoms with Crippen molar-refractivity contribution in [3.8, 4) is 16.2 Å². The minimum atomic E-state index is -0.206. The fourth-order valence-electron chi connectivity index (χ4n) is 3.23. The molecule has 0 fully saturated rings. The Balaban J connectivity index is 1.39. The second kappa shape index (κ2) is 8.81. The number of fused-ring (bicyclic) bond motifs is 1. The number of ketones is 1. The molecule has 0 aliphatic carbocycles. The Labute approximate surface area is 183 Å². The van der Waals surface area contributed by atoms with Crippen molar-refractivity contribution < 1.29 is 14.3 Å². The maximum Gasteiger partial charge on any atom is 0.244 e. The SMILES string of the molecule is CC(=O)c1ccc(-c2cc(Cl)c3c(c2)CC(CNC(=O)C=Cc2ccccn2)O3)s1. The van der Waals surface area contributed by atoms with E-state index in [0.29, 0.717) is 23.7 Å². The van der Waals surface area contributed by atoms with Crippen molar-refractivity contribution in [2.45, 2.75) is 19.4 Å². The number of pyridine rings is 1. The van der Waals surface area contributed by atoms with Crippen molar-refractivity contribution in [1.29, 1.82) is 0 Å². The van der Waals surface area contributed by atoms with Gasteiger partial charge in [0.05, 0.1) is 22.1 Å². The molecule has 0 saturated carbocycles. The third kappa shape index (κ3) is 4.61. The first-order chi connectivity index (χ1) is 14.5. The predicted octanol–water partition coefficient (Wildman–Crippen LogP) is 4.80. The van der Waals surface area contributed by atoms with Crippen LogP contribution in [0.1, 0.15) is 27.9 Å². The molecule has 0 radical (unpaired) electrons. The van der Waals surface area contributed by atoms with E-state index in [1.165, 1.54) is 17.4 Å². The number of rotatable bonds is 6. The number of aromatic nitrogens is 1. The van der Waals surface area contributed by atoms with Gasteiger partial charge >= 0.3 is 0 Å². The zero-order valence-corrected chi connectivity index (χ0v) is 17.8. The molecule has 1 unspecified atom stereocenters. The molecule has 5 nitrogen and oxygen atoms in total. The molecule has 7 heteroatoms. The van der Waals surface area contributed by atoms with Gasteiger partial charge in [-0.15, -0.1) is 11.3 Å². The first-order valence-electron chi connectivity index (χ1n) is 9.47. The highest BCUT2D eigenvalue weighted by molar-refractivity contribution is 7.17. The van der Waals surface area contributed by atoms with Gasteiger partial charge in [-0.2, -0.15) is 0 Å². The summed E-state index contributed by atoms with van der Waals surface area (Å²) in [5.41, 5.74) is 2.68. The standard InChI is InChI=1S/C23H19ClN2O3S/c1-14(27)20-6-7-21(30-20)15-10-16-11-18(29-23(16)19(24)12-15)13-26-22(28)8-5-17-4-2-3-9-25-17/h2-10,12,18H,11,13H2,1H3,(H,26,28). The number of halogens is 1. The summed E-state index contributed by atoms with van der Waals surface area (Å²) in [5.74, 6) is 0.504. The molecule has 3 heterocycles. The third-order valence-electron chi connectivity index (χ3n) is 4.69. The zero-order chi connectivity index (χ0) is 21.1. The van der Waals surface area contributed by atoms with E-state index in [-0.39, 0.29) is 17.8 Å². The molecule has 2 aromatic heterocycles. The second-order valence-corrected chi connectivity index (χ2v) is 8.43. The van der Waals surface area contributed by atoms with Crippen molar-refractivity contribution in [3.05, 3.63) is 75.9 Å². The van der Waals surface area contributed by atoms with E-state index in [0.717, 1.165) is 26.6 Å². The Morgan fingerprint density at radius 1 is 1.30 bits per heavy atom. The van der Waals surface area contributed by atoms with Crippen molar-refractivity contribution in [1.82, 2.24) is 10.3 Å². The van der Waals surface area contributed by atoms with Gasteiger partial charge in [0.15, 0.2) is 5.78 Å². The average molecular weight is 439 g/mol. The lowest BCUT2D eigenvalue weighted by Gasteiger charge is -2.11. The van der Waals surface area contributed by atoms with E-state index in [1.54, 1.807) is 19.2 Å². The monoisotopic (exact) mass is 438 g/mol. The first kappa shape index (κ1) is 20.3. The quantitative estimate of drug-likeness (QED) is 0.443. The first-order valence-corrected chi connectivity index (χ1v) is 10.7. The molecule has 1 aliphatic rings. The van der Waals surface area contributed by atoms with Gasteiger partial charge in [-0.1, -0.05) is 17.7 Å². The van der Waals surface area contributed by atoms with Crippen LogP contribution in [0.25, 0.3) is 16.5 Å². The maximum absolute atomic E-state index is 12.1. The minimum Gasteiger partial charge on any atom is -0.486 e. The normalized spacial score (nSPS) is 15.1. The van der Waals surface area contributed by atoms with Crippen molar-refractivity contribution >= 4 is 40.7 Å². The summed E-state index contributed by atoms with van der Waals surface area (Å²) in [4.78, 5) is 29.5. The van der Waals surface area contributed by atoms with E-state index >= 15 is 0 Å². The lowest BCUT2D eigenvalue weighted by molar-refractivity contribution is -0.116. The number of benzene rings is 1. The average Bonchev–Trinajstić information content (AvgIpc) is 3.39.